The Morgan fingerprint density at radius 3 is 1.46 bits per heavy atom. The van der Waals surface area contributed by atoms with Gasteiger partial charge in [-0.2, -0.15) is 0 Å². The topological polar surface area (TPSA) is 355 Å². The summed E-state index contributed by atoms with van der Waals surface area (Å²) in [5, 5.41) is 113. The molecule has 0 spiro atoms. The molecule has 1 heterocycles. The van der Waals surface area contributed by atoms with Gasteiger partial charge >= 0.3 is 29.6 Å². The van der Waals surface area contributed by atoms with Crippen molar-refractivity contribution in [3.05, 3.63) is 81.9 Å². The van der Waals surface area contributed by atoms with Crippen molar-refractivity contribution in [3.8, 4) is 57.5 Å². The summed E-state index contributed by atoms with van der Waals surface area (Å²) in [6.07, 6.45) is -3.85. The average molecular weight is 1010 g/mol. The first-order valence-electron chi connectivity index (χ1n) is 20.4. The molecule has 0 aromatic heterocycles. The summed E-state index contributed by atoms with van der Waals surface area (Å²) >= 11 is -3.11. The number of ether oxygens (including phenoxy) is 1. The predicted molar refractivity (Wildman–Crippen MR) is 249 cm³/mol. The minimum absolute atomic E-state index is 0. The number of aliphatic hydroxyl groups is 2. The van der Waals surface area contributed by atoms with Crippen LogP contribution in [0.25, 0.3) is 0 Å². The van der Waals surface area contributed by atoms with Crippen LogP contribution < -0.4 is 39.4 Å². The summed E-state index contributed by atoms with van der Waals surface area (Å²) in [5.41, 5.74) is -0.207. The van der Waals surface area contributed by atoms with Gasteiger partial charge in [-0.1, -0.05) is 83.1 Å². The molecule has 0 aliphatic carbocycles. The first kappa shape index (κ1) is 64.9. The molecule has 0 saturated heterocycles. The van der Waals surface area contributed by atoms with Crippen molar-refractivity contribution >= 4 is 38.3 Å². The second kappa shape index (κ2) is 23.4. The first-order valence-corrected chi connectivity index (χ1v) is 22.8. The maximum absolute atomic E-state index is 12.2. The monoisotopic (exact) mass is 1010 g/mol. The Balaban J connectivity index is 0.00000120. The van der Waals surface area contributed by atoms with Crippen LogP contribution in [0.4, 0.5) is 0 Å². The van der Waals surface area contributed by atoms with Crippen molar-refractivity contribution in [1.82, 2.24) is 0 Å². The summed E-state index contributed by atoms with van der Waals surface area (Å²) in [6, 6.07) is 9.94. The maximum atomic E-state index is 12.2. The van der Waals surface area contributed by atoms with Crippen LogP contribution in [0.15, 0.2) is 48.5 Å². The number of hydrogen-bond acceptors (Lipinski definition) is 18. The molecule has 1 aliphatic heterocycles. The van der Waals surface area contributed by atoms with E-state index in [1.54, 1.807) is 26.8 Å². The number of aliphatic hydroxyl groups excluding tert-OH is 2. The van der Waals surface area contributed by atoms with Crippen molar-refractivity contribution < 1.29 is 117 Å². The Morgan fingerprint density at radius 2 is 1.07 bits per heavy atom. The number of fused-ring (bicyclic) bond motifs is 1. The van der Waals surface area contributed by atoms with E-state index in [0.717, 1.165) is 17.2 Å². The van der Waals surface area contributed by atoms with Crippen molar-refractivity contribution in [2.75, 3.05) is 0 Å². The number of hydrogen-bond donors (Lipinski definition) is 10. The number of benzene rings is 4. The van der Waals surface area contributed by atoms with Gasteiger partial charge in [0.1, 0.15) is 56.0 Å². The first-order chi connectivity index (χ1) is 29.7. The maximum Gasteiger partial charge on any atom is 1.00 e. The zero-order valence-corrected chi connectivity index (χ0v) is 44.4. The zero-order chi connectivity index (χ0) is 51.1. The third-order valence-corrected chi connectivity index (χ3v) is 12.3. The Hall–Kier alpha value is -4.09. The van der Waals surface area contributed by atoms with E-state index in [-0.39, 0.29) is 80.2 Å². The molecule has 23 heteroatoms. The fourth-order valence-electron chi connectivity index (χ4n) is 8.23. The van der Waals surface area contributed by atoms with Crippen LogP contribution >= 0.6 is 0 Å². The molecule has 0 saturated carbocycles. The van der Waals surface area contributed by atoms with Gasteiger partial charge in [-0.25, -0.2) is 8.42 Å². The van der Waals surface area contributed by atoms with Gasteiger partial charge in [-0.3, -0.25) is 4.21 Å². The van der Waals surface area contributed by atoms with Crippen LogP contribution in [0.3, 0.4) is 0 Å². The molecule has 5 rings (SSSR count). The summed E-state index contributed by atoms with van der Waals surface area (Å²) in [4.78, 5) is 0. The van der Waals surface area contributed by atoms with Gasteiger partial charge in [0.2, 0.25) is 0 Å². The molecule has 4 aromatic rings. The fourth-order valence-corrected chi connectivity index (χ4v) is 9.20. The Labute approximate surface area is 432 Å². The van der Waals surface area contributed by atoms with E-state index in [1.807, 2.05) is 68.4 Å². The second-order valence-corrected chi connectivity index (χ2v) is 22.4. The molecule has 6 unspecified atom stereocenters. The smallest absolute Gasteiger partial charge is 0.867 e. The molecular weight excluding hydrogens is 949 g/mol. The SMILES string of the molecule is CC(C)(C)c1cc(C(C(O)C(c2cc(O)c([O-])c(O)c2)S(=O)(=O)[O-])C(C)(C)C)c(O)cc1O.CC(C)(C)c1cc2c(cc1O)OC(c1cc(O)c(O)c(O)c1)C(O)C2C(C)(C)C.O=S([O-])[O-].[B].[B].[Na+]. The Kier molecular flexibility index (Phi) is 22.0. The van der Waals surface area contributed by atoms with Gasteiger partial charge in [0.15, 0.2) is 23.4 Å². The fraction of sp³-hybridized carbons (Fsp3) is 0.478. The number of aromatic hydroxyl groups is 8. The minimum atomic E-state index is -5.29. The average Bonchev–Trinajstić information content (AvgIpc) is 3.10. The van der Waals surface area contributed by atoms with E-state index in [0.29, 0.717) is 29.0 Å². The van der Waals surface area contributed by atoms with Gasteiger partial charge < -0.3 is 74.6 Å². The third-order valence-electron chi connectivity index (χ3n) is 11.1. The van der Waals surface area contributed by atoms with Crippen molar-refractivity contribution in [2.24, 2.45) is 10.8 Å². The van der Waals surface area contributed by atoms with Crippen LogP contribution in [-0.2, 0) is 32.3 Å². The molecule has 6 radical (unpaired) electrons. The van der Waals surface area contributed by atoms with Crippen LogP contribution in [0.1, 0.15) is 140 Å². The molecule has 18 nitrogen and oxygen atoms in total. The summed E-state index contributed by atoms with van der Waals surface area (Å²) in [5.74, 6) is -6.32. The molecule has 0 fully saturated rings. The largest absolute Gasteiger partial charge is 1.00 e. The predicted octanol–water partition coefficient (Wildman–Crippen LogP) is 2.33. The number of phenols is 8. The van der Waals surface area contributed by atoms with E-state index in [2.05, 4.69) is 0 Å². The van der Waals surface area contributed by atoms with E-state index in [1.165, 1.54) is 18.2 Å². The van der Waals surface area contributed by atoms with Gasteiger partial charge in [-0.15, -0.1) is 11.4 Å². The van der Waals surface area contributed by atoms with E-state index >= 15 is 0 Å². The van der Waals surface area contributed by atoms with E-state index < -0.39 is 108 Å². The van der Waals surface area contributed by atoms with Crippen LogP contribution in [0.2, 0.25) is 0 Å². The quantitative estimate of drug-likeness (QED) is 0.0573. The molecule has 374 valence electrons. The molecule has 69 heavy (non-hydrogen) atoms. The zero-order valence-electron chi connectivity index (χ0n) is 40.8. The Bertz CT molecular complexity index is 2500. The van der Waals surface area contributed by atoms with Gasteiger partial charge in [0.05, 0.1) is 6.10 Å². The Morgan fingerprint density at radius 1 is 0.652 bits per heavy atom. The molecule has 1 aliphatic rings. The number of rotatable bonds is 6. The normalized spacial score (nSPS) is 17.3. The van der Waals surface area contributed by atoms with Crippen LogP contribution in [0.5, 0.6) is 57.5 Å². The molecule has 0 bridgehead atoms. The van der Waals surface area contributed by atoms with Gasteiger partial charge in [-0.05, 0) is 80.5 Å². The van der Waals surface area contributed by atoms with Gasteiger partial charge in [0.25, 0.3) is 0 Å². The molecule has 10 N–H and O–H groups in total. The van der Waals surface area contributed by atoms with Crippen molar-refractivity contribution in [2.45, 2.75) is 129 Å². The van der Waals surface area contributed by atoms with Crippen LogP contribution in [0, 0.1) is 10.8 Å². The molecule has 0 amide bonds. The van der Waals surface area contributed by atoms with Gasteiger partial charge in [0, 0.05) is 57.5 Å². The molecule has 4 aromatic carbocycles. The molecule has 6 atom stereocenters. The van der Waals surface area contributed by atoms with E-state index in [4.69, 9.17) is 18.1 Å². The van der Waals surface area contributed by atoms with Crippen LogP contribution in [-0.4, -0.2) is 106 Å². The third kappa shape index (κ3) is 15.5. The van der Waals surface area contributed by atoms with Crippen molar-refractivity contribution in [3.63, 3.8) is 0 Å². The number of phenolic OH excluding ortho intramolecular Hbond substituents is 8. The van der Waals surface area contributed by atoms with E-state index in [9.17, 15) is 69.1 Å². The summed E-state index contributed by atoms with van der Waals surface area (Å²) < 4.78 is 68.1. The second-order valence-electron chi connectivity index (χ2n) is 20.5. The summed E-state index contributed by atoms with van der Waals surface area (Å²) in [7, 11) is -5.29. The summed E-state index contributed by atoms with van der Waals surface area (Å²) in [6.45, 7) is 22.5. The minimum Gasteiger partial charge on any atom is -0.867 e. The molecular formula is C46H60B2NaO18S2-3. The standard InChI is InChI=1S/C23H32O9S.C23H30O6.2B.Na.H2O3S/c1-22(2,3)13-9-12(14(24)10-15(13)25)18(23(4,5)6)20(29)21(33(30,31)32)11-7-16(26)19(28)17(27)8-11;1-22(2,3)13-9-12-17(10-14(13)24)29-21(20(28)18(12)23(4,5)6)11-7-15(25)19(27)16(26)8-11;;;;1-4(2)3/h7-10,18,20-21,24-29H,1-6H3,(H,30,31,32);7-10,18,20-21,24-28H,1-6H3;;;;(H2,1,2,3)/q;;;;+1;/p-4. The van der Waals surface area contributed by atoms with Crippen molar-refractivity contribution in [1.29, 1.82) is 0 Å².